The number of halogens is 2. The lowest BCUT2D eigenvalue weighted by molar-refractivity contribution is 0.404. The summed E-state index contributed by atoms with van der Waals surface area (Å²) in [6.45, 7) is 1.15. The van der Waals surface area contributed by atoms with E-state index in [0.717, 1.165) is 18.5 Å². The second kappa shape index (κ2) is 7.46. The average molecular weight is 256 g/mol. The van der Waals surface area contributed by atoms with Crippen molar-refractivity contribution in [2.24, 2.45) is 0 Å². The first kappa shape index (κ1) is 14.2. The normalized spacial score (nSPS) is 20.2. The van der Waals surface area contributed by atoms with E-state index in [0.29, 0.717) is 6.04 Å². The van der Waals surface area contributed by atoms with Crippen LogP contribution in [0.1, 0.15) is 31.2 Å². The first-order chi connectivity index (χ1) is 7.84. The quantitative estimate of drug-likeness (QED) is 0.867. The summed E-state index contributed by atoms with van der Waals surface area (Å²) < 4.78 is 12.7. The summed E-state index contributed by atoms with van der Waals surface area (Å²) in [5.74, 6) is -0.175. The first-order valence-electron chi connectivity index (χ1n) is 6.00. The van der Waals surface area contributed by atoms with Crippen molar-refractivity contribution < 1.29 is 4.39 Å². The van der Waals surface area contributed by atoms with Gasteiger partial charge in [-0.25, -0.2) is 4.39 Å². The number of rotatable bonds is 3. The molecule has 1 heterocycles. The zero-order valence-electron chi connectivity index (χ0n) is 9.86. The molecule has 2 rings (SSSR count). The Hall–Kier alpha value is -0.860. The van der Waals surface area contributed by atoms with Crippen LogP contribution in [0.3, 0.4) is 0 Å². The topological polar surface area (TPSA) is 12.0 Å². The summed E-state index contributed by atoms with van der Waals surface area (Å²) in [5.41, 5.74) is 1.07. The van der Waals surface area contributed by atoms with Gasteiger partial charge in [-0.05, 0) is 43.5 Å². The molecule has 1 saturated heterocycles. The molecule has 0 radical (unpaired) electrons. The highest BCUT2D eigenvalue weighted by molar-refractivity contribution is 5.85. The molecule has 1 aromatic carbocycles. The number of hydrogen-bond acceptors (Lipinski definition) is 1. The third-order valence-electron chi connectivity index (χ3n) is 3.01. The summed E-state index contributed by atoms with van der Waals surface area (Å²) in [6, 6.07) is 7.24. The molecule has 0 bridgehead atoms. The van der Waals surface area contributed by atoms with E-state index >= 15 is 0 Å². The Balaban J connectivity index is 0.00000144. The lowest BCUT2D eigenvalue weighted by Crippen LogP contribution is -2.33. The maximum atomic E-state index is 12.7. The van der Waals surface area contributed by atoms with E-state index < -0.39 is 0 Å². The molecule has 1 aliphatic rings. The molecule has 1 unspecified atom stereocenters. The second-order valence-corrected chi connectivity index (χ2v) is 4.34. The number of piperidine rings is 1. The Morgan fingerprint density at radius 3 is 2.65 bits per heavy atom. The van der Waals surface area contributed by atoms with Crippen LogP contribution in [-0.4, -0.2) is 12.6 Å². The smallest absolute Gasteiger partial charge is 0.123 e. The van der Waals surface area contributed by atoms with E-state index in [9.17, 15) is 4.39 Å². The predicted octanol–water partition coefficient (Wildman–Crippen LogP) is 3.79. The lowest BCUT2D eigenvalue weighted by atomic mass is 10.0. The Morgan fingerprint density at radius 1 is 1.24 bits per heavy atom. The highest BCUT2D eigenvalue weighted by Gasteiger charge is 2.09. The number of benzene rings is 1. The van der Waals surface area contributed by atoms with Crippen LogP contribution in [0.15, 0.2) is 30.3 Å². The summed E-state index contributed by atoms with van der Waals surface area (Å²) >= 11 is 0. The fraction of sp³-hybridized carbons (Fsp3) is 0.429. The molecule has 1 aliphatic heterocycles. The van der Waals surface area contributed by atoms with Crippen molar-refractivity contribution in [3.8, 4) is 0 Å². The Kier molecular flexibility index (Phi) is 6.23. The van der Waals surface area contributed by atoms with Gasteiger partial charge < -0.3 is 5.32 Å². The molecule has 0 amide bonds. The molecule has 1 N–H and O–H groups in total. The van der Waals surface area contributed by atoms with Crippen molar-refractivity contribution in [3.63, 3.8) is 0 Å². The largest absolute Gasteiger partial charge is 0.314 e. The Labute approximate surface area is 109 Å². The third-order valence-corrected chi connectivity index (χ3v) is 3.01. The molecule has 1 fully saturated rings. The van der Waals surface area contributed by atoms with Crippen LogP contribution in [0, 0.1) is 5.82 Å². The van der Waals surface area contributed by atoms with Gasteiger partial charge in [-0.15, -0.1) is 12.4 Å². The third kappa shape index (κ3) is 4.88. The maximum absolute atomic E-state index is 12.7. The van der Waals surface area contributed by atoms with E-state index in [-0.39, 0.29) is 18.2 Å². The van der Waals surface area contributed by atoms with E-state index in [1.807, 2.05) is 0 Å². The van der Waals surface area contributed by atoms with E-state index in [1.54, 1.807) is 12.1 Å². The minimum atomic E-state index is -0.175. The fourth-order valence-electron chi connectivity index (χ4n) is 2.07. The van der Waals surface area contributed by atoms with Crippen LogP contribution in [-0.2, 0) is 0 Å². The van der Waals surface area contributed by atoms with Crippen LogP contribution in [0.2, 0.25) is 0 Å². The van der Waals surface area contributed by atoms with E-state index in [4.69, 9.17) is 0 Å². The van der Waals surface area contributed by atoms with Gasteiger partial charge >= 0.3 is 0 Å². The summed E-state index contributed by atoms with van der Waals surface area (Å²) in [4.78, 5) is 0. The SMILES string of the molecule is Cl.Fc1ccc(C=CCC2CCCCN2)cc1. The van der Waals surface area contributed by atoms with E-state index in [2.05, 4.69) is 17.5 Å². The highest BCUT2D eigenvalue weighted by atomic mass is 35.5. The van der Waals surface area contributed by atoms with Crippen LogP contribution < -0.4 is 5.32 Å². The molecular weight excluding hydrogens is 237 g/mol. The van der Waals surface area contributed by atoms with Gasteiger partial charge in [0.05, 0.1) is 0 Å². The minimum absolute atomic E-state index is 0. The van der Waals surface area contributed by atoms with E-state index in [1.165, 1.54) is 31.4 Å². The minimum Gasteiger partial charge on any atom is -0.314 e. The summed E-state index contributed by atoms with van der Waals surface area (Å²) in [5, 5.41) is 3.50. The van der Waals surface area contributed by atoms with Crippen molar-refractivity contribution >= 4 is 18.5 Å². The molecular formula is C14H19ClFN. The molecule has 0 saturated carbocycles. The average Bonchev–Trinajstić information content (AvgIpc) is 2.33. The van der Waals surface area contributed by atoms with Crippen LogP contribution in [0.25, 0.3) is 6.08 Å². The zero-order valence-corrected chi connectivity index (χ0v) is 10.7. The highest BCUT2D eigenvalue weighted by Crippen LogP contribution is 2.12. The van der Waals surface area contributed by atoms with Crippen molar-refractivity contribution in [3.05, 3.63) is 41.7 Å². The van der Waals surface area contributed by atoms with Gasteiger partial charge in [-0.1, -0.05) is 30.7 Å². The first-order valence-corrected chi connectivity index (χ1v) is 6.00. The standard InChI is InChI=1S/C14H18FN.ClH/c15-13-9-7-12(8-10-13)4-3-6-14-5-1-2-11-16-14;/h3-4,7-10,14,16H,1-2,5-6,11H2;1H. The molecule has 17 heavy (non-hydrogen) atoms. The predicted molar refractivity (Wildman–Crippen MR) is 72.9 cm³/mol. The van der Waals surface area contributed by atoms with Crippen molar-refractivity contribution in [2.75, 3.05) is 6.54 Å². The van der Waals surface area contributed by atoms with Crippen LogP contribution in [0.4, 0.5) is 4.39 Å². The van der Waals surface area contributed by atoms with Crippen LogP contribution >= 0.6 is 12.4 Å². The van der Waals surface area contributed by atoms with Gasteiger partial charge in [-0.3, -0.25) is 0 Å². The fourth-order valence-corrected chi connectivity index (χ4v) is 2.07. The summed E-state index contributed by atoms with van der Waals surface area (Å²) in [6.07, 6.45) is 9.22. The molecule has 1 nitrogen and oxygen atoms in total. The molecule has 0 aromatic heterocycles. The summed E-state index contributed by atoms with van der Waals surface area (Å²) in [7, 11) is 0. The van der Waals surface area contributed by atoms with Crippen molar-refractivity contribution in [1.29, 1.82) is 0 Å². The number of nitrogens with one attached hydrogen (secondary N) is 1. The molecule has 1 atom stereocenters. The van der Waals surface area contributed by atoms with Gasteiger partial charge in [0.25, 0.3) is 0 Å². The Morgan fingerprint density at radius 2 is 2.00 bits per heavy atom. The molecule has 94 valence electrons. The molecule has 0 spiro atoms. The van der Waals surface area contributed by atoms with Gasteiger partial charge in [0.2, 0.25) is 0 Å². The van der Waals surface area contributed by atoms with Gasteiger partial charge in [-0.2, -0.15) is 0 Å². The van der Waals surface area contributed by atoms with Crippen LogP contribution in [0.5, 0.6) is 0 Å². The van der Waals surface area contributed by atoms with Gasteiger partial charge in [0.15, 0.2) is 0 Å². The maximum Gasteiger partial charge on any atom is 0.123 e. The Bertz CT molecular complexity index is 342. The van der Waals surface area contributed by atoms with Gasteiger partial charge in [0.1, 0.15) is 5.82 Å². The zero-order chi connectivity index (χ0) is 11.2. The monoisotopic (exact) mass is 255 g/mol. The second-order valence-electron chi connectivity index (χ2n) is 4.34. The molecule has 1 aromatic rings. The van der Waals surface area contributed by atoms with Gasteiger partial charge in [0, 0.05) is 6.04 Å². The van der Waals surface area contributed by atoms with Crippen molar-refractivity contribution in [2.45, 2.75) is 31.7 Å². The van der Waals surface area contributed by atoms with Crippen molar-refractivity contribution in [1.82, 2.24) is 5.32 Å². The lowest BCUT2D eigenvalue weighted by Gasteiger charge is -2.21. The molecule has 0 aliphatic carbocycles. The molecule has 3 heteroatoms. The number of hydrogen-bond donors (Lipinski definition) is 1.